The molecule has 2 aromatic rings. The number of fused-ring (bicyclic) bond motifs is 1. The number of rotatable bonds is 1. The molecule has 21 heavy (non-hydrogen) atoms. The van der Waals surface area contributed by atoms with Gasteiger partial charge in [-0.3, -0.25) is 4.98 Å². The Morgan fingerprint density at radius 3 is 2.90 bits per heavy atom. The van der Waals surface area contributed by atoms with Crippen molar-refractivity contribution in [1.29, 1.82) is 0 Å². The number of piperidine rings is 1. The Balaban J connectivity index is 1.72. The second kappa shape index (κ2) is 4.95. The number of aliphatic hydroxyl groups excluding tert-OH is 1. The maximum atomic E-state index is 10.4. The van der Waals surface area contributed by atoms with E-state index in [-0.39, 0.29) is 11.5 Å². The van der Waals surface area contributed by atoms with Gasteiger partial charge in [-0.05, 0) is 43.9 Å². The lowest BCUT2D eigenvalue weighted by atomic mass is 9.76. The number of aliphatic hydroxyl groups is 1. The highest BCUT2D eigenvalue weighted by Crippen LogP contribution is 2.46. The zero-order valence-corrected chi connectivity index (χ0v) is 12.2. The quantitative estimate of drug-likeness (QED) is 0.874. The van der Waals surface area contributed by atoms with Crippen LogP contribution in [-0.2, 0) is 0 Å². The molecule has 4 nitrogen and oxygen atoms in total. The largest absolute Gasteiger partial charge is 0.392 e. The minimum atomic E-state index is -0.145. The number of aromatic nitrogens is 2. The van der Waals surface area contributed by atoms with Gasteiger partial charge in [0.2, 0.25) is 0 Å². The zero-order chi connectivity index (χ0) is 14.3. The first-order chi connectivity index (χ1) is 10.3. The van der Waals surface area contributed by atoms with Crippen LogP contribution in [0.2, 0.25) is 0 Å². The molecule has 0 unspecified atom stereocenters. The van der Waals surface area contributed by atoms with Crippen molar-refractivity contribution >= 4 is 16.7 Å². The van der Waals surface area contributed by atoms with Gasteiger partial charge in [0.15, 0.2) is 0 Å². The average molecular weight is 283 g/mol. The molecular formula is C17H21N3O. The van der Waals surface area contributed by atoms with Crippen LogP contribution in [0.25, 0.3) is 10.9 Å². The average Bonchev–Trinajstić information content (AvgIpc) is 2.87. The Kier molecular flexibility index (Phi) is 3.07. The summed E-state index contributed by atoms with van der Waals surface area (Å²) in [5, 5.41) is 11.5. The third-order valence-corrected chi connectivity index (χ3v) is 5.28. The number of pyridine rings is 2. The van der Waals surface area contributed by atoms with Crippen molar-refractivity contribution in [3.63, 3.8) is 0 Å². The molecule has 2 fully saturated rings. The van der Waals surface area contributed by atoms with Crippen LogP contribution in [0.1, 0.15) is 32.1 Å². The molecule has 3 heterocycles. The van der Waals surface area contributed by atoms with Crippen molar-refractivity contribution in [2.24, 2.45) is 5.41 Å². The Labute approximate surface area is 124 Å². The van der Waals surface area contributed by atoms with Gasteiger partial charge in [-0.2, -0.15) is 0 Å². The summed E-state index contributed by atoms with van der Waals surface area (Å²) in [6, 6.07) is 6.03. The summed E-state index contributed by atoms with van der Waals surface area (Å²) in [7, 11) is 0. The zero-order valence-electron chi connectivity index (χ0n) is 12.2. The van der Waals surface area contributed by atoms with Crippen molar-refractivity contribution < 1.29 is 5.11 Å². The Morgan fingerprint density at radius 1 is 1.14 bits per heavy atom. The first-order valence-electron chi connectivity index (χ1n) is 7.91. The van der Waals surface area contributed by atoms with Crippen molar-refractivity contribution in [2.45, 2.75) is 38.2 Å². The molecule has 0 radical (unpaired) electrons. The van der Waals surface area contributed by atoms with Crippen LogP contribution in [0, 0.1) is 5.41 Å². The lowest BCUT2D eigenvalue weighted by Gasteiger charge is -2.43. The summed E-state index contributed by atoms with van der Waals surface area (Å²) in [5.41, 5.74) is 1.08. The number of anilines is 1. The molecule has 1 aliphatic heterocycles. The van der Waals surface area contributed by atoms with Crippen molar-refractivity contribution in [1.82, 2.24) is 9.97 Å². The minimum absolute atomic E-state index is 0.0876. The van der Waals surface area contributed by atoms with Crippen LogP contribution < -0.4 is 4.90 Å². The van der Waals surface area contributed by atoms with E-state index in [1.54, 1.807) is 0 Å². The number of hydrogen-bond acceptors (Lipinski definition) is 4. The van der Waals surface area contributed by atoms with Gasteiger partial charge in [0.25, 0.3) is 0 Å². The molecule has 1 N–H and O–H groups in total. The second-order valence-corrected chi connectivity index (χ2v) is 6.50. The third-order valence-electron chi connectivity index (χ3n) is 5.28. The van der Waals surface area contributed by atoms with Crippen LogP contribution in [0.5, 0.6) is 0 Å². The van der Waals surface area contributed by atoms with E-state index in [4.69, 9.17) is 0 Å². The van der Waals surface area contributed by atoms with Crippen LogP contribution in [0.15, 0.2) is 30.6 Å². The lowest BCUT2D eigenvalue weighted by molar-refractivity contribution is 0.0408. The molecule has 0 bridgehead atoms. The van der Waals surface area contributed by atoms with E-state index >= 15 is 0 Å². The van der Waals surface area contributed by atoms with E-state index in [9.17, 15) is 5.11 Å². The lowest BCUT2D eigenvalue weighted by Crippen LogP contribution is -2.47. The summed E-state index contributed by atoms with van der Waals surface area (Å²) >= 11 is 0. The predicted molar refractivity (Wildman–Crippen MR) is 83.3 cm³/mol. The van der Waals surface area contributed by atoms with E-state index in [1.807, 2.05) is 24.5 Å². The summed E-state index contributed by atoms with van der Waals surface area (Å²) in [6.45, 7) is 1.95. The topological polar surface area (TPSA) is 49.2 Å². The fourth-order valence-corrected chi connectivity index (χ4v) is 4.18. The van der Waals surface area contributed by atoms with E-state index in [1.165, 1.54) is 0 Å². The molecule has 1 spiro atoms. The Bertz CT molecular complexity index is 654. The van der Waals surface area contributed by atoms with Gasteiger partial charge in [-0.1, -0.05) is 6.42 Å². The highest BCUT2D eigenvalue weighted by Gasteiger charge is 2.45. The summed E-state index contributed by atoms with van der Waals surface area (Å²) < 4.78 is 0. The molecule has 1 saturated carbocycles. The van der Waals surface area contributed by atoms with Gasteiger partial charge < -0.3 is 10.0 Å². The molecule has 110 valence electrons. The first kappa shape index (κ1) is 13.0. The molecule has 2 aromatic heterocycles. The molecule has 4 rings (SSSR count). The van der Waals surface area contributed by atoms with Gasteiger partial charge in [0, 0.05) is 36.3 Å². The van der Waals surface area contributed by atoms with E-state index in [0.29, 0.717) is 0 Å². The maximum absolute atomic E-state index is 10.4. The van der Waals surface area contributed by atoms with Gasteiger partial charge in [-0.25, -0.2) is 4.98 Å². The molecule has 1 aliphatic carbocycles. The highest BCUT2D eigenvalue weighted by atomic mass is 16.3. The predicted octanol–water partition coefficient (Wildman–Crippen LogP) is 2.76. The molecular weight excluding hydrogens is 262 g/mol. The van der Waals surface area contributed by atoms with Gasteiger partial charge >= 0.3 is 0 Å². The SMILES string of the molecule is O[C@@H]1CCC[C@@]12CCCN(c1nccc3ncccc13)C2. The van der Waals surface area contributed by atoms with E-state index in [0.717, 1.165) is 61.9 Å². The summed E-state index contributed by atoms with van der Waals surface area (Å²) in [5.74, 6) is 1.03. The first-order valence-corrected chi connectivity index (χ1v) is 7.91. The third kappa shape index (κ3) is 2.09. The smallest absolute Gasteiger partial charge is 0.138 e. The second-order valence-electron chi connectivity index (χ2n) is 6.50. The number of hydrogen-bond donors (Lipinski definition) is 1. The van der Waals surface area contributed by atoms with E-state index in [2.05, 4.69) is 20.9 Å². The van der Waals surface area contributed by atoms with Crippen molar-refractivity contribution in [3.05, 3.63) is 30.6 Å². The fourth-order valence-electron chi connectivity index (χ4n) is 4.18. The molecule has 4 heteroatoms. The maximum Gasteiger partial charge on any atom is 0.138 e. The van der Waals surface area contributed by atoms with Crippen molar-refractivity contribution in [3.8, 4) is 0 Å². The molecule has 0 amide bonds. The molecule has 1 saturated heterocycles. The summed E-state index contributed by atoms with van der Waals surface area (Å²) in [4.78, 5) is 11.4. The molecule has 2 atom stereocenters. The van der Waals surface area contributed by atoms with Crippen molar-refractivity contribution in [2.75, 3.05) is 18.0 Å². The molecule has 2 aliphatic rings. The van der Waals surface area contributed by atoms with Gasteiger partial charge in [-0.15, -0.1) is 0 Å². The van der Waals surface area contributed by atoms with E-state index < -0.39 is 0 Å². The van der Waals surface area contributed by atoms with Crippen LogP contribution in [0.3, 0.4) is 0 Å². The van der Waals surface area contributed by atoms with Crippen LogP contribution in [0.4, 0.5) is 5.82 Å². The van der Waals surface area contributed by atoms with Crippen LogP contribution in [-0.4, -0.2) is 34.3 Å². The minimum Gasteiger partial charge on any atom is -0.392 e. The molecule has 0 aromatic carbocycles. The standard InChI is InChI=1S/C17H21N3O/c21-15-5-1-7-17(15)8-3-11-20(12-17)16-13-4-2-9-18-14(13)6-10-19-16/h2,4,6,9-10,15,21H,1,3,5,7-8,11-12H2/t15-,17+/m1/s1. The normalized spacial score (nSPS) is 29.4. The highest BCUT2D eigenvalue weighted by molar-refractivity contribution is 5.89. The van der Waals surface area contributed by atoms with Gasteiger partial charge in [0.05, 0.1) is 11.6 Å². The van der Waals surface area contributed by atoms with Gasteiger partial charge in [0.1, 0.15) is 5.82 Å². The fraction of sp³-hybridized carbons (Fsp3) is 0.529. The van der Waals surface area contributed by atoms with Crippen LogP contribution >= 0.6 is 0 Å². The monoisotopic (exact) mass is 283 g/mol. The number of nitrogens with zero attached hydrogens (tertiary/aromatic N) is 3. The Hall–Kier alpha value is -1.68. The summed E-state index contributed by atoms with van der Waals surface area (Å²) in [6.07, 6.45) is 9.06. The Morgan fingerprint density at radius 2 is 2.05 bits per heavy atom.